The monoisotopic (exact) mass is 493 g/mol. The van der Waals surface area contributed by atoms with Crippen molar-refractivity contribution < 1.29 is 31.1 Å². The molecule has 4 N–H and O–H groups in total. The number of hydrogen-bond donors (Lipinski definition) is 2. The van der Waals surface area contributed by atoms with Gasteiger partial charge in [0.05, 0.1) is 33.6 Å². The summed E-state index contributed by atoms with van der Waals surface area (Å²) in [7, 11) is 0. The first-order valence-corrected chi connectivity index (χ1v) is 9.85. The molecule has 0 saturated carbocycles. The highest BCUT2D eigenvalue weighted by Gasteiger charge is 2.37. The van der Waals surface area contributed by atoms with Gasteiger partial charge in [-0.25, -0.2) is 10.8 Å². The van der Waals surface area contributed by atoms with E-state index >= 15 is 0 Å². The SMILES string of the molecule is CC1C(N)=C(N(N)c2cccc(C(F)(F)F)n2)CCN1C(=O)c1cccc(C(F)(F)F)c1Cl. The van der Waals surface area contributed by atoms with E-state index < -0.39 is 40.6 Å². The summed E-state index contributed by atoms with van der Waals surface area (Å²) < 4.78 is 78.3. The molecular formula is C20H18ClF6N5O. The van der Waals surface area contributed by atoms with Gasteiger partial charge in [0, 0.05) is 13.0 Å². The number of pyridine rings is 1. The van der Waals surface area contributed by atoms with Crippen LogP contribution in [0.4, 0.5) is 32.2 Å². The largest absolute Gasteiger partial charge is 0.433 e. The van der Waals surface area contributed by atoms with Gasteiger partial charge in [0.2, 0.25) is 0 Å². The molecule has 1 aliphatic rings. The molecule has 0 aliphatic carbocycles. The zero-order valence-electron chi connectivity index (χ0n) is 17.0. The Morgan fingerprint density at radius 3 is 2.36 bits per heavy atom. The number of nitrogens with two attached hydrogens (primary N) is 2. The van der Waals surface area contributed by atoms with Gasteiger partial charge >= 0.3 is 12.4 Å². The second-order valence-electron chi connectivity index (χ2n) is 7.24. The number of nitrogens with zero attached hydrogens (tertiary/aromatic N) is 3. The van der Waals surface area contributed by atoms with Crippen molar-refractivity contribution in [3.8, 4) is 0 Å². The maximum Gasteiger partial charge on any atom is 0.433 e. The third-order valence-corrected chi connectivity index (χ3v) is 5.61. The highest BCUT2D eigenvalue weighted by molar-refractivity contribution is 6.34. The van der Waals surface area contributed by atoms with E-state index in [0.717, 1.165) is 29.3 Å². The molecule has 1 amide bonds. The van der Waals surface area contributed by atoms with Crippen molar-refractivity contribution in [1.29, 1.82) is 0 Å². The Bertz CT molecular complexity index is 1100. The van der Waals surface area contributed by atoms with Crippen LogP contribution in [-0.2, 0) is 12.4 Å². The molecule has 1 aromatic heterocycles. The van der Waals surface area contributed by atoms with Gasteiger partial charge in [-0.2, -0.15) is 26.3 Å². The molecule has 1 atom stereocenters. The van der Waals surface area contributed by atoms with Gasteiger partial charge < -0.3 is 10.6 Å². The van der Waals surface area contributed by atoms with Crippen molar-refractivity contribution >= 4 is 23.3 Å². The van der Waals surface area contributed by atoms with Crippen molar-refractivity contribution in [1.82, 2.24) is 9.88 Å². The van der Waals surface area contributed by atoms with E-state index in [9.17, 15) is 31.1 Å². The summed E-state index contributed by atoms with van der Waals surface area (Å²) in [6.45, 7) is 1.50. The van der Waals surface area contributed by atoms with Crippen LogP contribution < -0.4 is 16.6 Å². The molecule has 1 aromatic carbocycles. The molecule has 0 fully saturated rings. The van der Waals surface area contributed by atoms with Crippen LogP contribution in [0.25, 0.3) is 0 Å². The number of aromatic nitrogens is 1. The molecular weight excluding hydrogens is 476 g/mol. The predicted octanol–water partition coefficient (Wildman–Crippen LogP) is 4.56. The Hall–Kier alpha value is -2.99. The van der Waals surface area contributed by atoms with Gasteiger partial charge in [-0.1, -0.05) is 23.7 Å². The Labute approximate surface area is 189 Å². The fourth-order valence-electron chi connectivity index (χ4n) is 3.43. The molecule has 0 saturated heterocycles. The predicted molar refractivity (Wildman–Crippen MR) is 109 cm³/mol. The Morgan fingerprint density at radius 2 is 1.76 bits per heavy atom. The Morgan fingerprint density at radius 1 is 1.12 bits per heavy atom. The number of hydrazine groups is 1. The van der Waals surface area contributed by atoms with E-state index in [2.05, 4.69) is 4.98 Å². The number of alkyl halides is 6. The summed E-state index contributed by atoms with van der Waals surface area (Å²) in [4.78, 5) is 17.7. The molecule has 1 unspecified atom stereocenters. The van der Waals surface area contributed by atoms with Crippen LogP contribution in [0.3, 0.4) is 0 Å². The van der Waals surface area contributed by atoms with Gasteiger partial charge in [-0.15, -0.1) is 0 Å². The average molecular weight is 494 g/mol. The first kappa shape index (κ1) is 24.6. The van der Waals surface area contributed by atoms with Gasteiger partial charge in [-0.3, -0.25) is 9.80 Å². The van der Waals surface area contributed by atoms with E-state index in [1.807, 2.05) is 0 Å². The van der Waals surface area contributed by atoms with Gasteiger partial charge in [0.25, 0.3) is 5.91 Å². The molecule has 0 bridgehead atoms. The lowest BCUT2D eigenvalue weighted by atomic mass is 10.0. The quantitative estimate of drug-likeness (QED) is 0.372. The van der Waals surface area contributed by atoms with E-state index in [1.54, 1.807) is 0 Å². The number of anilines is 1. The number of halogens is 7. The summed E-state index contributed by atoms with van der Waals surface area (Å²) in [5, 5.41) is 0.171. The van der Waals surface area contributed by atoms with Crippen LogP contribution in [0, 0.1) is 0 Å². The molecule has 2 heterocycles. The van der Waals surface area contributed by atoms with Crippen LogP contribution in [0.1, 0.15) is 35.0 Å². The molecule has 3 rings (SSSR count). The van der Waals surface area contributed by atoms with Crippen LogP contribution in [-0.4, -0.2) is 28.4 Å². The molecule has 13 heteroatoms. The van der Waals surface area contributed by atoms with Gasteiger partial charge in [-0.05, 0) is 31.2 Å². The molecule has 0 spiro atoms. The summed E-state index contributed by atoms with van der Waals surface area (Å²) >= 11 is 5.86. The molecule has 33 heavy (non-hydrogen) atoms. The van der Waals surface area contributed by atoms with Gasteiger partial charge in [0.15, 0.2) is 0 Å². The first-order valence-electron chi connectivity index (χ1n) is 9.47. The highest BCUT2D eigenvalue weighted by Crippen LogP contribution is 2.37. The maximum absolute atomic E-state index is 13.1. The van der Waals surface area contributed by atoms with E-state index in [0.29, 0.717) is 0 Å². The van der Waals surface area contributed by atoms with Crippen LogP contribution in [0.5, 0.6) is 0 Å². The number of amides is 1. The summed E-state index contributed by atoms with van der Waals surface area (Å²) in [6.07, 6.45) is -9.40. The maximum atomic E-state index is 13.1. The van der Waals surface area contributed by atoms with Gasteiger partial charge in [0.1, 0.15) is 11.5 Å². The number of benzene rings is 1. The minimum absolute atomic E-state index is 0.0186. The lowest BCUT2D eigenvalue weighted by Gasteiger charge is -2.38. The topological polar surface area (TPSA) is 88.5 Å². The number of hydrogen-bond acceptors (Lipinski definition) is 5. The zero-order valence-corrected chi connectivity index (χ0v) is 17.8. The lowest BCUT2D eigenvalue weighted by molar-refractivity contribution is -0.141. The first-order chi connectivity index (χ1) is 15.2. The Balaban J connectivity index is 1.90. The Kier molecular flexibility index (Phi) is 6.53. The summed E-state index contributed by atoms with van der Waals surface area (Å²) in [6, 6.07) is 5.37. The minimum Gasteiger partial charge on any atom is -0.399 e. The molecule has 6 nitrogen and oxygen atoms in total. The number of carbonyl (C=O) groups excluding carboxylic acids is 1. The number of rotatable bonds is 3. The fraction of sp³-hybridized carbons (Fsp3) is 0.300. The molecule has 2 aromatic rings. The third kappa shape index (κ3) is 4.86. The highest BCUT2D eigenvalue weighted by atomic mass is 35.5. The second-order valence-corrected chi connectivity index (χ2v) is 7.62. The van der Waals surface area contributed by atoms with Crippen molar-refractivity contribution in [2.24, 2.45) is 11.6 Å². The standard InChI is InChI=1S/C20H18ClF6N5O/c1-10-17(28)13(32(29)15-7-3-6-14(30-15)20(25,26)27)8-9-31(10)18(33)11-4-2-5-12(16(11)21)19(22,23)24/h2-7,10H,8-9,28-29H2,1H3. The summed E-state index contributed by atoms with van der Waals surface area (Å²) in [5.74, 6) is 4.99. The van der Waals surface area contributed by atoms with Crippen molar-refractivity contribution in [2.45, 2.75) is 31.7 Å². The fourth-order valence-corrected chi connectivity index (χ4v) is 3.75. The third-order valence-electron chi connectivity index (χ3n) is 5.20. The molecule has 178 valence electrons. The summed E-state index contributed by atoms with van der Waals surface area (Å²) in [5.41, 5.74) is 3.78. The number of carbonyl (C=O) groups is 1. The van der Waals surface area contributed by atoms with Crippen LogP contribution in [0.2, 0.25) is 5.02 Å². The normalized spacial score (nSPS) is 17.4. The van der Waals surface area contributed by atoms with Crippen LogP contribution >= 0.6 is 11.6 Å². The average Bonchev–Trinajstić information content (AvgIpc) is 2.73. The molecule has 0 radical (unpaired) electrons. The zero-order chi connectivity index (χ0) is 24.7. The lowest BCUT2D eigenvalue weighted by Crippen LogP contribution is -2.49. The van der Waals surface area contributed by atoms with E-state index in [4.69, 9.17) is 23.2 Å². The second kappa shape index (κ2) is 8.75. The van der Waals surface area contributed by atoms with Crippen LogP contribution in [0.15, 0.2) is 47.8 Å². The molecule has 1 aliphatic heterocycles. The van der Waals surface area contributed by atoms with Crippen molar-refractivity contribution in [2.75, 3.05) is 11.6 Å². The van der Waals surface area contributed by atoms with E-state index in [-0.39, 0.29) is 35.7 Å². The van der Waals surface area contributed by atoms with E-state index in [1.165, 1.54) is 24.0 Å². The van der Waals surface area contributed by atoms with Crippen molar-refractivity contribution in [3.63, 3.8) is 0 Å². The smallest absolute Gasteiger partial charge is 0.399 e. The minimum atomic E-state index is -4.75. The van der Waals surface area contributed by atoms with Crippen molar-refractivity contribution in [3.05, 3.63) is 69.6 Å².